The minimum Gasteiger partial charge on any atom is -0.465 e. The van der Waals surface area contributed by atoms with Crippen LogP contribution in [0.2, 0.25) is 5.02 Å². The van der Waals surface area contributed by atoms with Crippen LogP contribution in [0.5, 0.6) is 0 Å². The number of benzene rings is 2. The molecule has 0 amide bonds. The monoisotopic (exact) mass is 314 g/mol. The van der Waals surface area contributed by atoms with Crippen LogP contribution < -0.4 is 0 Å². The molecule has 0 saturated carbocycles. The van der Waals surface area contributed by atoms with Crippen molar-refractivity contribution in [3.8, 4) is 11.1 Å². The van der Waals surface area contributed by atoms with Crippen LogP contribution in [-0.4, -0.2) is 13.1 Å². The number of hydrogen-bond acceptors (Lipinski definition) is 3. The maximum Gasteiger partial charge on any atom is 0.337 e. The van der Waals surface area contributed by atoms with E-state index in [0.717, 1.165) is 28.7 Å². The first-order valence-electron chi connectivity index (χ1n) is 7.03. The SMILES string of the molecule is CCc1cc2cc(-c3ccc(C(=O)OC)cc3)cc(Cl)c2o1. The molecule has 22 heavy (non-hydrogen) atoms. The van der Waals surface area contributed by atoms with Gasteiger partial charge >= 0.3 is 5.97 Å². The lowest BCUT2D eigenvalue weighted by molar-refractivity contribution is 0.0601. The highest BCUT2D eigenvalue weighted by Crippen LogP contribution is 2.33. The van der Waals surface area contributed by atoms with Crippen LogP contribution in [0.1, 0.15) is 23.0 Å². The second-order valence-electron chi connectivity index (χ2n) is 5.01. The Morgan fingerprint density at radius 2 is 1.86 bits per heavy atom. The second kappa shape index (κ2) is 5.85. The third-order valence-corrected chi connectivity index (χ3v) is 3.89. The summed E-state index contributed by atoms with van der Waals surface area (Å²) in [5, 5.41) is 1.57. The van der Waals surface area contributed by atoms with Gasteiger partial charge in [-0.05, 0) is 41.5 Å². The minimum atomic E-state index is -0.345. The van der Waals surface area contributed by atoms with Crippen molar-refractivity contribution in [2.24, 2.45) is 0 Å². The molecule has 0 bridgehead atoms. The summed E-state index contributed by atoms with van der Waals surface area (Å²) in [4.78, 5) is 11.5. The average Bonchev–Trinajstić information content (AvgIpc) is 2.98. The number of aryl methyl sites for hydroxylation is 1. The number of esters is 1. The van der Waals surface area contributed by atoms with Crippen molar-refractivity contribution in [1.29, 1.82) is 0 Å². The number of hydrogen-bond donors (Lipinski definition) is 0. The van der Waals surface area contributed by atoms with Crippen LogP contribution in [0.15, 0.2) is 46.9 Å². The first-order valence-corrected chi connectivity index (χ1v) is 7.41. The summed E-state index contributed by atoms with van der Waals surface area (Å²) in [6.07, 6.45) is 0.828. The molecule has 0 atom stereocenters. The molecule has 1 heterocycles. The van der Waals surface area contributed by atoms with Gasteiger partial charge in [0.1, 0.15) is 5.76 Å². The number of fused-ring (bicyclic) bond motifs is 1. The smallest absolute Gasteiger partial charge is 0.337 e. The molecule has 3 rings (SSSR count). The van der Waals surface area contributed by atoms with Gasteiger partial charge in [0.2, 0.25) is 0 Å². The number of methoxy groups -OCH3 is 1. The Morgan fingerprint density at radius 3 is 2.50 bits per heavy atom. The van der Waals surface area contributed by atoms with E-state index in [0.29, 0.717) is 16.2 Å². The van der Waals surface area contributed by atoms with Gasteiger partial charge in [-0.15, -0.1) is 0 Å². The maximum absolute atomic E-state index is 11.5. The Balaban J connectivity index is 2.04. The molecule has 0 aliphatic carbocycles. The molecule has 0 unspecified atom stereocenters. The highest BCUT2D eigenvalue weighted by molar-refractivity contribution is 6.35. The summed E-state index contributed by atoms with van der Waals surface area (Å²) in [5.41, 5.74) is 3.21. The second-order valence-corrected chi connectivity index (χ2v) is 5.42. The summed E-state index contributed by atoms with van der Waals surface area (Å²) >= 11 is 6.32. The Labute approximate surface area is 133 Å². The van der Waals surface area contributed by atoms with Crippen LogP contribution in [-0.2, 0) is 11.2 Å². The lowest BCUT2D eigenvalue weighted by Crippen LogP contribution is -2.00. The van der Waals surface area contributed by atoms with Gasteiger partial charge in [-0.1, -0.05) is 30.7 Å². The van der Waals surface area contributed by atoms with Gasteiger partial charge in [0.25, 0.3) is 0 Å². The number of carbonyl (C=O) groups is 1. The van der Waals surface area contributed by atoms with Crippen LogP contribution in [0.25, 0.3) is 22.1 Å². The predicted molar refractivity (Wildman–Crippen MR) is 87.4 cm³/mol. The zero-order valence-corrected chi connectivity index (χ0v) is 13.1. The Hall–Kier alpha value is -2.26. The molecular weight excluding hydrogens is 300 g/mol. The van der Waals surface area contributed by atoms with Gasteiger partial charge in [-0.25, -0.2) is 4.79 Å². The molecule has 0 fully saturated rings. The van der Waals surface area contributed by atoms with Crippen molar-refractivity contribution in [3.05, 3.63) is 58.8 Å². The summed E-state index contributed by atoms with van der Waals surface area (Å²) in [6.45, 7) is 2.04. The van der Waals surface area contributed by atoms with Gasteiger partial charge in [0.05, 0.1) is 17.7 Å². The third kappa shape index (κ3) is 2.60. The fourth-order valence-corrected chi connectivity index (χ4v) is 2.69. The minimum absolute atomic E-state index is 0.345. The molecule has 0 aliphatic rings. The van der Waals surface area contributed by atoms with Crippen LogP contribution in [0, 0.1) is 0 Å². The topological polar surface area (TPSA) is 39.4 Å². The normalized spacial score (nSPS) is 10.9. The number of halogens is 1. The summed E-state index contributed by atoms with van der Waals surface area (Å²) in [7, 11) is 1.37. The first kappa shape index (κ1) is 14.7. The van der Waals surface area contributed by atoms with Crippen LogP contribution in [0.3, 0.4) is 0 Å². The van der Waals surface area contributed by atoms with E-state index in [4.69, 9.17) is 20.8 Å². The lowest BCUT2D eigenvalue weighted by Gasteiger charge is -2.05. The lowest BCUT2D eigenvalue weighted by atomic mass is 10.0. The van der Waals surface area contributed by atoms with Gasteiger partial charge in [-0.2, -0.15) is 0 Å². The van der Waals surface area contributed by atoms with Gasteiger partial charge in [-0.3, -0.25) is 0 Å². The fraction of sp³-hybridized carbons (Fsp3) is 0.167. The number of ether oxygens (including phenoxy) is 1. The summed E-state index contributed by atoms with van der Waals surface area (Å²) in [5.74, 6) is 0.567. The molecule has 4 heteroatoms. The summed E-state index contributed by atoms with van der Waals surface area (Å²) < 4.78 is 10.4. The molecular formula is C18H15ClO3. The number of rotatable bonds is 3. The third-order valence-electron chi connectivity index (χ3n) is 3.61. The van der Waals surface area contributed by atoms with Crippen molar-refractivity contribution in [1.82, 2.24) is 0 Å². The van der Waals surface area contributed by atoms with Gasteiger partial charge in [0.15, 0.2) is 5.58 Å². The molecule has 112 valence electrons. The summed E-state index contributed by atoms with van der Waals surface area (Å²) in [6, 6.07) is 13.2. The van der Waals surface area contributed by atoms with E-state index in [1.807, 2.05) is 37.3 Å². The maximum atomic E-state index is 11.5. The Bertz CT molecular complexity index is 831. The van der Waals surface area contributed by atoms with E-state index in [9.17, 15) is 4.79 Å². The molecule has 2 aromatic carbocycles. The molecule has 0 spiro atoms. The quantitative estimate of drug-likeness (QED) is 0.631. The van der Waals surface area contributed by atoms with Crippen molar-refractivity contribution < 1.29 is 13.9 Å². The van der Waals surface area contributed by atoms with Gasteiger partial charge in [0, 0.05) is 11.8 Å². The van der Waals surface area contributed by atoms with Gasteiger partial charge < -0.3 is 9.15 Å². The molecule has 3 aromatic rings. The van der Waals surface area contributed by atoms with Crippen molar-refractivity contribution in [2.45, 2.75) is 13.3 Å². The fourth-order valence-electron chi connectivity index (χ4n) is 2.42. The van der Waals surface area contributed by atoms with Crippen molar-refractivity contribution in [2.75, 3.05) is 7.11 Å². The highest BCUT2D eigenvalue weighted by Gasteiger charge is 2.10. The number of carbonyl (C=O) groups excluding carboxylic acids is 1. The van der Waals surface area contributed by atoms with E-state index >= 15 is 0 Å². The zero-order valence-electron chi connectivity index (χ0n) is 12.4. The largest absolute Gasteiger partial charge is 0.465 e. The predicted octanol–water partition coefficient (Wildman–Crippen LogP) is 5.10. The number of furan rings is 1. The van der Waals surface area contributed by atoms with Crippen molar-refractivity contribution in [3.63, 3.8) is 0 Å². The molecule has 0 N–H and O–H groups in total. The standard InChI is InChI=1S/C18H15ClO3/c1-3-15-9-14-8-13(10-16(19)17(14)22-15)11-4-6-12(7-5-11)18(20)21-2/h4-10H,3H2,1-2H3. The molecule has 0 aliphatic heterocycles. The average molecular weight is 315 g/mol. The first-order chi connectivity index (χ1) is 10.6. The Kier molecular flexibility index (Phi) is 3.90. The molecule has 3 nitrogen and oxygen atoms in total. The zero-order chi connectivity index (χ0) is 15.7. The van der Waals surface area contributed by atoms with E-state index in [-0.39, 0.29) is 5.97 Å². The van der Waals surface area contributed by atoms with E-state index in [2.05, 4.69) is 0 Å². The highest BCUT2D eigenvalue weighted by atomic mass is 35.5. The molecule has 0 radical (unpaired) electrons. The Morgan fingerprint density at radius 1 is 1.14 bits per heavy atom. The van der Waals surface area contributed by atoms with Crippen LogP contribution in [0.4, 0.5) is 0 Å². The van der Waals surface area contributed by atoms with E-state index < -0.39 is 0 Å². The molecule has 1 aromatic heterocycles. The van der Waals surface area contributed by atoms with Crippen molar-refractivity contribution >= 4 is 28.5 Å². The van der Waals surface area contributed by atoms with E-state index in [1.165, 1.54) is 7.11 Å². The molecule has 0 saturated heterocycles. The van der Waals surface area contributed by atoms with Crippen LogP contribution >= 0.6 is 11.6 Å². The van der Waals surface area contributed by atoms with E-state index in [1.54, 1.807) is 12.1 Å².